The summed E-state index contributed by atoms with van der Waals surface area (Å²) in [5, 5.41) is 10.9. The van der Waals surface area contributed by atoms with Crippen molar-refractivity contribution in [3.8, 4) is 5.69 Å². The Morgan fingerprint density at radius 2 is 1.82 bits per heavy atom. The van der Waals surface area contributed by atoms with E-state index < -0.39 is 12.1 Å². The predicted molar refractivity (Wildman–Crippen MR) is 99.6 cm³/mol. The van der Waals surface area contributed by atoms with Crippen molar-refractivity contribution in [2.45, 2.75) is 26.0 Å². The van der Waals surface area contributed by atoms with E-state index in [2.05, 4.69) is 21.6 Å². The highest BCUT2D eigenvalue weighted by Gasteiger charge is 2.27. The van der Waals surface area contributed by atoms with Crippen LogP contribution in [-0.2, 0) is 22.5 Å². The van der Waals surface area contributed by atoms with Crippen LogP contribution in [0.5, 0.6) is 0 Å². The molecule has 28 heavy (non-hydrogen) atoms. The van der Waals surface area contributed by atoms with E-state index >= 15 is 0 Å². The first kappa shape index (κ1) is 17.8. The van der Waals surface area contributed by atoms with Gasteiger partial charge >= 0.3 is 5.97 Å². The summed E-state index contributed by atoms with van der Waals surface area (Å²) < 4.78 is 6.87. The number of benzene rings is 2. The van der Waals surface area contributed by atoms with E-state index in [1.807, 2.05) is 18.2 Å². The number of aromatic nitrogens is 4. The number of nitrogens with zero attached hydrogens (tertiary/aromatic N) is 5. The fourth-order valence-electron chi connectivity index (χ4n) is 3.25. The molecule has 1 atom stereocenters. The minimum absolute atomic E-state index is 0.187. The number of fused-ring (bicyclic) bond motifs is 1. The molecule has 1 unspecified atom stereocenters. The Hall–Kier alpha value is -3.55. The lowest BCUT2D eigenvalue weighted by atomic mass is 9.99. The SMILES string of the molecule is CC(OC(=O)c1ccc(-n2cnnn2)cc1)C(=O)N1CCc2ccccc2C1. The van der Waals surface area contributed by atoms with E-state index in [1.165, 1.54) is 16.6 Å². The summed E-state index contributed by atoms with van der Waals surface area (Å²) >= 11 is 0. The van der Waals surface area contributed by atoms with Crippen molar-refractivity contribution in [2.24, 2.45) is 0 Å². The van der Waals surface area contributed by atoms with E-state index in [-0.39, 0.29) is 5.91 Å². The van der Waals surface area contributed by atoms with Crippen molar-refractivity contribution in [2.75, 3.05) is 6.54 Å². The number of rotatable bonds is 4. The summed E-state index contributed by atoms with van der Waals surface area (Å²) in [6.07, 6.45) is 1.42. The van der Waals surface area contributed by atoms with Crippen molar-refractivity contribution in [3.63, 3.8) is 0 Å². The van der Waals surface area contributed by atoms with E-state index in [0.717, 1.165) is 17.7 Å². The van der Waals surface area contributed by atoms with Crippen LogP contribution < -0.4 is 0 Å². The molecule has 1 aliphatic heterocycles. The van der Waals surface area contributed by atoms with Crippen LogP contribution in [0.2, 0.25) is 0 Å². The minimum Gasteiger partial charge on any atom is -0.449 e. The molecule has 2 aromatic carbocycles. The molecule has 4 rings (SSSR count). The van der Waals surface area contributed by atoms with Crippen molar-refractivity contribution in [1.29, 1.82) is 0 Å². The summed E-state index contributed by atoms with van der Waals surface area (Å²) in [4.78, 5) is 26.8. The minimum atomic E-state index is -0.850. The van der Waals surface area contributed by atoms with Crippen LogP contribution in [0.15, 0.2) is 54.9 Å². The summed E-state index contributed by atoms with van der Waals surface area (Å²) in [6, 6.07) is 14.7. The topological polar surface area (TPSA) is 90.2 Å². The summed E-state index contributed by atoms with van der Waals surface area (Å²) in [5.74, 6) is -0.727. The summed E-state index contributed by atoms with van der Waals surface area (Å²) in [5.41, 5.74) is 3.48. The molecule has 3 aromatic rings. The zero-order valence-corrected chi connectivity index (χ0v) is 15.4. The second-order valence-electron chi connectivity index (χ2n) is 6.63. The number of carbonyl (C=O) groups is 2. The van der Waals surface area contributed by atoms with Gasteiger partial charge in [0.05, 0.1) is 11.3 Å². The molecule has 1 amide bonds. The first-order valence-corrected chi connectivity index (χ1v) is 9.02. The van der Waals surface area contributed by atoms with Gasteiger partial charge in [0, 0.05) is 13.1 Å². The second-order valence-corrected chi connectivity index (χ2v) is 6.63. The molecule has 142 valence electrons. The van der Waals surface area contributed by atoms with E-state index in [9.17, 15) is 9.59 Å². The molecule has 0 spiro atoms. The molecule has 1 aromatic heterocycles. The van der Waals surface area contributed by atoms with Gasteiger partial charge in [0.2, 0.25) is 0 Å². The highest BCUT2D eigenvalue weighted by molar-refractivity contribution is 5.92. The second kappa shape index (κ2) is 7.59. The third kappa shape index (κ3) is 3.62. The maximum atomic E-state index is 12.7. The smallest absolute Gasteiger partial charge is 0.338 e. The molecule has 0 saturated heterocycles. The zero-order chi connectivity index (χ0) is 19.5. The standard InChI is InChI=1S/C20H19N5O3/c1-14(19(26)24-11-10-15-4-2-3-5-17(15)12-24)28-20(27)16-6-8-18(9-7-16)25-13-21-22-23-25/h2-9,13-14H,10-12H2,1H3. The van der Waals surface area contributed by atoms with Gasteiger partial charge in [-0.15, -0.1) is 5.10 Å². The Bertz CT molecular complexity index is 985. The van der Waals surface area contributed by atoms with Crippen LogP contribution in [0.1, 0.15) is 28.4 Å². The Kier molecular flexibility index (Phi) is 4.84. The molecule has 1 aliphatic rings. The molecule has 8 nitrogen and oxygen atoms in total. The predicted octanol–water partition coefficient (Wildman–Crippen LogP) is 1.79. The number of tetrazole rings is 1. The molecule has 8 heteroatoms. The van der Waals surface area contributed by atoms with Gasteiger partial charge < -0.3 is 9.64 Å². The summed E-state index contributed by atoms with van der Waals surface area (Å²) in [6.45, 7) is 2.77. The number of esters is 1. The van der Waals surface area contributed by atoms with Crippen LogP contribution in [-0.4, -0.2) is 49.6 Å². The molecule has 0 fully saturated rings. The maximum Gasteiger partial charge on any atom is 0.338 e. The van der Waals surface area contributed by atoms with Gasteiger partial charge in [-0.1, -0.05) is 24.3 Å². The first-order chi connectivity index (χ1) is 13.6. The van der Waals surface area contributed by atoms with Crippen molar-refractivity contribution in [1.82, 2.24) is 25.1 Å². The van der Waals surface area contributed by atoms with Crippen LogP contribution in [0, 0.1) is 0 Å². The van der Waals surface area contributed by atoms with Crippen LogP contribution in [0.4, 0.5) is 0 Å². The summed E-state index contributed by atoms with van der Waals surface area (Å²) in [7, 11) is 0. The molecule has 0 saturated carbocycles. The van der Waals surface area contributed by atoms with Gasteiger partial charge in [-0.2, -0.15) is 0 Å². The highest BCUT2D eigenvalue weighted by Crippen LogP contribution is 2.20. The number of amides is 1. The number of carbonyl (C=O) groups excluding carboxylic acids is 2. The number of hydrogen-bond donors (Lipinski definition) is 0. The van der Waals surface area contributed by atoms with Gasteiger partial charge in [0.15, 0.2) is 6.10 Å². The fourth-order valence-corrected chi connectivity index (χ4v) is 3.25. The number of ether oxygens (including phenoxy) is 1. The monoisotopic (exact) mass is 377 g/mol. The van der Waals surface area contributed by atoms with Crippen LogP contribution >= 0.6 is 0 Å². The normalized spacial score (nSPS) is 14.2. The van der Waals surface area contributed by atoms with Gasteiger partial charge in [-0.3, -0.25) is 4.79 Å². The molecule has 2 heterocycles. The average molecular weight is 377 g/mol. The Morgan fingerprint density at radius 3 is 2.54 bits per heavy atom. The van der Waals surface area contributed by atoms with E-state index in [1.54, 1.807) is 36.1 Å². The zero-order valence-electron chi connectivity index (χ0n) is 15.4. The van der Waals surface area contributed by atoms with Crippen molar-refractivity contribution >= 4 is 11.9 Å². The molecule has 0 bridgehead atoms. The lowest BCUT2D eigenvalue weighted by Gasteiger charge is -2.30. The van der Waals surface area contributed by atoms with Crippen molar-refractivity contribution < 1.29 is 14.3 Å². The van der Waals surface area contributed by atoms with Gasteiger partial charge in [0.25, 0.3) is 5.91 Å². The number of hydrogen-bond acceptors (Lipinski definition) is 6. The Balaban J connectivity index is 1.38. The van der Waals surface area contributed by atoms with E-state index in [0.29, 0.717) is 18.7 Å². The molecule has 0 N–H and O–H groups in total. The van der Waals surface area contributed by atoms with Gasteiger partial charge in [0.1, 0.15) is 6.33 Å². The molecular weight excluding hydrogens is 358 g/mol. The van der Waals surface area contributed by atoms with Gasteiger partial charge in [-0.25, -0.2) is 9.48 Å². The van der Waals surface area contributed by atoms with Crippen LogP contribution in [0.3, 0.4) is 0 Å². The average Bonchev–Trinajstić information content (AvgIpc) is 3.28. The Labute approximate surface area is 161 Å². The fraction of sp³-hybridized carbons (Fsp3) is 0.250. The first-order valence-electron chi connectivity index (χ1n) is 9.02. The third-order valence-corrected chi connectivity index (χ3v) is 4.79. The van der Waals surface area contributed by atoms with Crippen molar-refractivity contribution in [3.05, 3.63) is 71.5 Å². The molecular formula is C20H19N5O3. The molecule has 0 radical (unpaired) electrons. The lowest BCUT2D eigenvalue weighted by Crippen LogP contribution is -2.42. The lowest BCUT2D eigenvalue weighted by molar-refractivity contribution is -0.140. The highest BCUT2D eigenvalue weighted by atomic mass is 16.5. The quantitative estimate of drug-likeness (QED) is 0.644. The maximum absolute atomic E-state index is 12.7. The Morgan fingerprint density at radius 1 is 1.07 bits per heavy atom. The van der Waals surface area contributed by atoms with Gasteiger partial charge in [-0.05, 0) is 59.2 Å². The largest absolute Gasteiger partial charge is 0.449 e. The molecule has 0 aliphatic carbocycles. The van der Waals surface area contributed by atoms with Crippen LogP contribution in [0.25, 0.3) is 5.69 Å². The third-order valence-electron chi connectivity index (χ3n) is 4.79. The van der Waals surface area contributed by atoms with E-state index in [4.69, 9.17) is 4.74 Å².